The molecule has 0 saturated heterocycles. The molecular weight excluding hydrogens is 513 g/mol. The quantitative estimate of drug-likeness (QED) is 0.261. The van der Waals surface area contributed by atoms with Gasteiger partial charge in [-0.15, -0.1) is 0 Å². The van der Waals surface area contributed by atoms with E-state index in [1.807, 2.05) is 38.1 Å². The molecule has 1 aromatic carbocycles. The lowest BCUT2D eigenvalue weighted by Gasteiger charge is -2.13. The summed E-state index contributed by atoms with van der Waals surface area (Å²) >= 11 is 0. The maximum absolute atomic E-state index is 15.2. The molecule has 0 spiro atoms. The van der Waals surface area contributed by atoms with Gasteiger partial charge in [-0.2, -0.15) is 4.39 Å². The standard InChI is InChI=1S/C29H28FN7O3/c1-17(2)35-29-34-16-22(28(38)37(29)3)23-10-7-19-13-21(15-33-26(19)36-23)40-24-11-12-31-27(25(24)30)32-14-18-5-8-20(39-4)9-6-18/h5-13,15-17H,14H2,1-4H3,(H,31,32)(H,34,35). The summed E-state index contributed by atoms with van der Waals surface area (Å²) in [7, 11) is 3.26. The number of anilines is 2. The Balaban J connectivity index is 1.33. The van der Waals surface area contributed by atoms with Gasteiger partial charge in [0.25, 0.3) is 5.56 Å². The molecule has 0 bridgehead atoms. The molecule has 0 aliphatic rings. The molecule has 0 aliphatic heterocycles. The fourth-order valence-corrected chi connectivity index (χ4v) is 3.99. The van der Waals surface area contributed by atoms with E-state index in [4.69, 9.17) is 9.47 Å². The van der Waals surface area contributed by atoms with Crippen LogP contribution in [-0.4, -0.2) is 37.7 Å². The largest absolute Gasteiger partial charge is 0.497 e. The van der Waals surface area contributed by atoms with Gasteiger partial charge in [-0.3, -0.25) is 9.36 Å². The normalized spacial score (nSPS) is 11.1. The number of pyridine rings is 3. The zero-order valence-electron chi connectivity index (χ0n) is 22.5. The van der Waals surface area contributed by atoms with Crippen molar-refractivity contribution in [1.82, 2.24) is 24.5 Å². The number of benzene rings is 1. The first-order valence-electron chi connectivity index (χ1n) is 12.6. The van der Waals surface area contributed by atoms with E-state index in [0.717, 1.165) is 11.3 Å². The molecule has 5 rings (SSSR count). The molecule has 10 nitrogen and oxygen atoms in total. The Labute approximate surface area is 229 Å². The van der Waals surface area contributed by atoms with Crippen molar-refractivity contribution < 1.29 is 13.9 Å². The summed E-state index contributed by atoms with van der Waals surface area (Å²) in [5.74, 6) is 0.999. The van der Waals surface area contributed by atoms with Crippen molar-refractivity contribution in [2.75, 3.05) is 17.7 Å². The van der Waals surface area contributed by atoms with E-state index in [1.54, 1.807) is 32.4 Å². The van der Waals surface area contributed by atoms with E-state index >= 15 is 4.39 Å². The fraction of sp³-hybridized carbons (Fsp3) is 0.207. The summed E-state index contributed by atoms with van der Waals surface area (Å²) in [6.07, 6.45) is 4.42. The predicted molar refractivity (Wildman–Crippen MR) is 151 cm³/mol. The molecule has 5 aromatic rings. The van der Waals surface area contributed by atoms with Crippen LogP contribution in [0.25, 0.3) is 22.3 Å². The van der Waals surface area contributed by atoms with Gasteiger partial charge in [0.2, 0.25) is 11.8 Å². The minimum atomic E-state index is -0.622. The van der Waals surface area contributed by atoms with Crippen molar-refractivity contribution in [1.29, 1.82) is 0 Å². The highest BCUT2D eigenvalue weighted by Gasteiger charge is 2.15. The Morgan fingerprint density at radius 1 is 1.00 bits per heavy atom. The monoisotopic (exact) mass is 541 g/mol. The number of nitrogens with zero attached hydrogens (tertiary/aromatic N) is 5. The van der Waals surface area contributed by atoms with Crippen molar-refractivity contribution in [2.24, 2.45) is 7.05 Å². The summed E-state index contributed by atoms with van der Waals surface area (Å²) in [4.78, 5) is 30.3. The smallest absolute Gasteiger partial charge is 0.264 e. The van der Waals surface area contributed by atoms with Crippen LogP contribution in [0.2, 0.25) is 0 Å². The van der Waals surface area contributed by atoms with Gasteiger partial charge in [-0.25, -0.2) is 19.9 Å². The van der Waals surface area contributed by atoms with E-state index in [2.05, 4.69) is 30.6 Å². The van der Waals surface area contributed by atoms with E-state index in [-0.39, 0.29) is 23.2 Å². The molecule has 0 aliphatic carbocycles. The first-order valence-corrected chi connectivity index (χ1v) is 12.6. The third-order valence-electron chi connectivity index (χ3n) is 6.08. The SMILES string of the molecule is COc1ccc(CNc2nccc(Oc3cnc4nc(-c5cnc(NC(C)C)n(C)c5=O)ccc4c3)c2F)cc1. The van der Waals surface area contributed by atoms with Gasteiger partial charge >= 0.3 is 0 Å². The van der Waals surface area contributed by atoms with Crippen LogP contribution in [-0.2, 0) is 13.6 Å². The molecule has 0 unspecified atom stereocenters. The molecule has 40 heavy (non-hydrogen) atoms. The number of aromatic nitrogens is 5. The maximum Gasteiger partial charge on any atom is 0.264 e. The fourth-order valence-electron chi connectivity index (χ4n) is 3.99. The second-order valence-electron chi connectivity index (χ2n) is 9.35. The minimum Gasteiger partial charge on any atom is -0.497 e. The Kier molecular flexibility index (Phi) is 7.54. The number of hydrogen-bond donors (Lipinski definition) is 2. The molecule has 4 aromatic heterocycles. The molecule has 0 fully saturated rings. The van der Waals surface area contributed by atoms with Crippen molar-refractivity contribution in [3.05, 3.63) is 88.9 Å². The van der Waals surface area contributed by atoms with E-state index < -0.39 is 5.82 Å². The first-order chi connectivity index (χ1) is 19.3. The van der Waals surface area contributed by atoms with Crippen LogP contribution in [0.5, 0.6) is 17.2 Å². The summed E-state index contributed by atoms with van der Waals surface area (Å²) in [5, 5.41) is 6.80. The maximum atomic E-state index is 15.2. The zero-order valence-corrected chi connectivity index (χ0v) is 22.5. The molecule has 0 amide bonds. The second-order valence-corrected chi connectivity index (χ2v) is 9.35. The lowest BCUT2D eigenvalue weighted by molar-refractivity contribution is 0.414. The number of fused-ring (bicyclic) bond motifs is 1. The third-order valence-corrected chi connectivity index (χ3v) is 6.08. The lowest BCUT2D eigenvalue weighted by Crippen LogP contribution is -2.25. The highest BCUT2D eigenvalue weighted by molar-refractivity contribution is 5.79. The van der Waals surface area contributed by atoms with Crippen LogP contribution in [0.15, 0.2) is 71.9 Å². The Hall–Kier alpha value is -5.06. The molecule has 204 valence electrons. The number of methoxy groups -OCH3 is 1. The Bertz CT molecular complexity index is 1720. The number of nitrogens with one attached hydrogen (secondary N) is 2. The lowest BCUT2D eigenvalue weighted by atomic mass is 10.2. The molecule has 4 heterocycles. The average Bonchev–Trinajstić information content (AvgIpc) is 2.96. The second kappa shape index (κ2) is 11.4. The van der Waals surface area contributed by atoms with Gasteiger partial charge in [-0.1, -0.05) is 12.1 Å². The van der Waals surface area contributed by atoms with E-state index in [0.29, 0.717) is 40.5 Å². The van der Waals surface area contributed by atoms with Gasteiger partial charge in [-0.05, 0) is 49.7 Å². The summed E-state index contributed by atoms with van der Waals surface area (Å²) in [6.45, 7) is 4.31. The van der Waals surface area contributed by atoms with Gasteiger partial charge in [0.1, 0.15) is 11.5 Å². The molecule has 0 saturated carbocycles. The van der Waals surface area contributed by atoms with Gasteiger partial charge in [0.15, 0.2) is 17.2 Å². The van der Waals surface area contributed by atoms with Crippen LogP contribution >= 0.6 is 0 Å². The predicted octanol–water partition coefficient (Wildman–Crippen LogP) is 5.16. The molecular formula is C29H28FN7O3. The molecule has 0 radical (unpaired) electrons. The third kappa shape index (κ3) is 5.68. The van der Waals surface area contributed by atoms with E-state index in [9.17, 15) is 4.79 Å². The van der Waals surface area contributed by atoms with Crippen molar-refractivity contribution in [3.8, 4) is 28.5 Å². The summed E-state index contributed by atoms with van der Waals surface area (Å²) in [6, 6.07) is 14.2. The van der Waals surface area contributed by atoms with Crippen LogP contribution in [0.3, 0.4) is 0 Å². The van der Waals surface area contributed by atoms with Crippen LogP contribution < -0.4 is 25.7 Å². The van der Waals surface area contributed by atoms with Gasteiger partial charge in [0, 0.05) is 43.5 Å². The van der Waals surface area contributed by atoms with Gasteiger partial charge in [0.05, 0.1) is 24.6 Å². The van der Waals surface area contributed by atoms with Crippen molar-refractivity contribution in [2.45, 2.75) is 26.4 Å². The average molecular weight is 542 g/mol. The Morgan fingerprint density at radius 3 is 2.55 bits per heavy atom. The van der Waals surface area contributed by atoms with E-state index in [1.165, 1.54) is 29.2 Å². The highest BCUT2D eigenvalue weighted by atomic mass is 19.1. The number of hydrogen-bond acceptors (Lipinski definition) is 9. The molecule has 2 N–H and O–H groups in total. The Morgan fingerprint density at radius 2 is 1.80 bits per heavy atom. The number of halogens is 1. The highest BCUT2D eigenvalue weighted by Crippen LogP contribution is 2.29. The minimum absolute atomic E-state index is 0.00243. The summed E-state index contributed by atoms with van der Waals surface area (Å²) in [5.41, 5.74) is 1.93. The van der Waals surface area contributed by atoms with Crippen molar-refractivity contribution >= 4 is 22.8 Å². The van der Waals surface area contributed by atoms with Crippen LogP contribution in [0, 0.1) is 5.82 Å². The summed E-state index contributed by atoms with van der Waals surface area (Å²) < 4.78 is 27.6. The van der Waals surface area contributed by atoms with Crippen molar-refractivity contribution in [3.63, 3.8) is 0 Å². The van der Waals surface area contributed by atoms with Gasteiger partial charge < -0.3 is 20.1 Å². The van der Waals surface area contributed by atoms with Crippen LogP contribution in [0.1, 0.15) is 19.4 Å². The molecule has 0 atom stereocenters. The number of rotatable bonds is 9. The van der Waals surface area contributed by atoms with Crippen LogP contribution in [0.4, 0.5) is 16.2 Å². The topological polar surface area (TPSA) is 116 Å². The number of ether oxygens (including phenoxy) is 2. The first kappa shape index (κ1) is 26.5. The molecule has 11 heteroatoms. The zero-order chi connectivity index (χ0) is 28.2.